The lowest BCUT2D eigenvalue weighted by Crippen LogP contribution is -2.13. The Kier molecular flexibility index (Phi) is 2.69. The van der Waals surface area contributed by atoms with Gasteiger partial charge < -0.3 is 0 Å². The molecule has 0 aromatic heterocycles. The molecule has 2 aromatic carbocycles. The highest BCUT2D eigenvalue weighted by Gasteiger charge is 2.29. The fourth-order valence-electron chi connectivity index (χ4n) is 2.42. The maximum absolute atomic E-state index is 2.33. The Morgan fingerprint density at radius 1 is 1.06 bits per heavy atom. The predicted octanol–water partition coefficient (Wildman–Crippen LogP) is 4.04. The number of hydrogen-bond acceptors (Lipinski definition) is 2. The molecule has 1 atom stereocenters. The second kappa shape index (κ2) is 4.21. The van der Waals surface area contributed by atoms with E-state index < -0.39 is 0 Å². The fourth-order valence-corrected chi connectivity index (χ4v) is 3.50. The van der Waals surface area contributed by atoms with Gasteiger partial charge in [-0.1, -0.05) is 48.0 Å². The van der Waals surface area contributed by atoms with Crippen molar-refractivity contribution in [2.75, 3.05) is 7.05 Å². The zero-order valence-electron chi connectivity index (χ0n) is 10.1. The van der Waals surface area contributed by atoms with Crippen LogP contribution in [-0.4, -0.2) is 11.4 Å². The Labute approximate surface area is 107 Å². The number of aryl methyl sites for hydroxylation is 1. The molecule has 0 fully saturated rings. The van der Waals surface area contributed by atoms with E-state index >= 15 is 0 Å². The molecule has 2 aromatic rings. The molecule has 3 rings (SSSR count). The van der Waals surface area contributed by atoms with Gasteiger partial charge in [-0.15, -0.1) is 0 Å². The average molecular weight is 241 g/mol. The average Bonchev–Trinajstić information content (AvgIpc) is 2.64. The summed E-state index contributed by atoms with van der Waals surface area (Å²) in [4.78, 5) is 1.38. The van der Waals surface area contributed by atoms with Crippen molar-refractivity contribution in [3.8, 4) is 0 Å². The smallest absolute Gasteiger partial charge is 0.0713 e. The van der Waals surface area contributed by atoms with E-state index in [2.05, 4.69) is 66.8 Å². The van der Waals surface area contributed by atoms with Crippen molar-refractivity contribution < 1.29 is 0 Å². The molecule has 0 radical (unpaired) electrons. The molecule has 1 aliphatic heterocycles. The van der Waals surface area contributed by atoms with Gasteiger partial charge in [0.2, 0.25) is 0 Å². The lowest BCUT2D eigenvalue weighted by atomic mass is 9.98. The first-order chi connectivity index (χ1) is 8.25. The van der Waals surface area contributed by atoms with Crippen LogP contribution in [0, 0.1) is 6.92 Å². The first-order valence-corrected chi connectivity index (χ1v) is 6.59. The molecule has 0 spiro atoms. The SMILES string of the molecule is Cc1cccc(C2c3ccccc3SN2C)c1. The summed E-state index contributed by atoms with van der Waals surface area (Å²) in [6.07, 6.45) is 0. The Morgan fingerprint density at radius 3 is 2.71 bits per heavy atom. The first-order valence-electron chi connectivity index (χ1n) is 5.82. The van der Waals surface area contributed by atoms with Gasteiger partial charge in [-0.25, -0.2) is 4.31 Å². The highest BCUT2D eigenvalue weighted by Crippen LogP contribution is 2.45. The molecule has 1 unspecified atom stereocenters. The molecule has 0 bridgehead atoms. The van der Waals surface area contributed by atoms with Crippen LogP contribution in [0.3, 0.4) is 0 Å². The molecule has 1 aliphatic rings. The van der Waals surface area contributed by atoms with E-state index in [0.29, 0.717) is 6.04 Å². The number of fused-ring (bicyclic) bond motifs is 1. The van der Waals surface area contributed by atoms with Crippen LogP contribution in [-0.2, 0) is 0 Å². The third kappa shape index (κ3) is 1.88. The molecule has 0 N–H and O–H groups in total. The maximum atomic E-state index is 2.33. The highest BCUT2D eigenvalue weighted by molar-refractivity contribution is 7.97. The molecule has 1 nitrogen and oxygen atoms in total. The molecule has 1 heterocycles. The number of nitrogens with zero attached hydrogens (tertiary/aromatic N) is 1. The Balaban J connectivity index is 2.09. The zero-order chi connectivity index (χ0) is 11.8. The summed E-state index contributed by atoms with van der Waals surface area (Å²) in [7, 11) is 2.16. The molecule has 86 valence electrons. The number of benzene rings is 2. The second-order valence-electron chi connectivity index (χ2n) is 4.49. The largest absolute Gasteiger partial charge is 0.237 e. The minimum atomic E-state index is 0.385. The van der Waals surface area contributed by atoms with E-state index in [4.69, 9.17) is 0 Å². The van der Waals surface area contributed by atoms with E-state index in [9.17, 15) is 0 Å². The van der Waals surface area contributed by atoms with E-state index in [1.807, 2.05) is 11.9 Å². The number of hydrogen-bond donors (Lipinski definition) is 0. The molecule has 17 heavy (non-hydrogen) atoms. The normalized spacial score (nSPS) is 19.3. The molecular weight excluding hydrogens is 226 g/mol. The third-order valence-electron chi connectivity index (χ3n) is 3.18. The summed E-state index contributed by atoms with van der Waals surface area (Å²) in [5.74, 6) is 0. The molecule has 0 saturated carbocycles. The van der Waals surface area contributed by atoms with Gasteiger partial charge >= 0.3 is 0 Å². The Bertz CT molecular complexity index is 550. The maximum Gasteiger partial charge on any atom is 0.0713 e. The summed E-state index contributed by atoms with van der Waals surface area (Å²) in [5, 5.41) is 0. The van der Waals surface area contributed by atoms with Crippen LogP contribution in [0.5, 0.6) is 0 Å². The summed E-state index contributed by atoms with van der Waals surface area (Å²) in [6.45, 7) is 2.15. The van der Waals surface area contributed by atoms with Crippen LogP contribution >= 0.6 is 11.9 Å². The van der Waals surface area contributed by atoms with Gasteiger partial charge in [-0.3, -0.25) is 0 Å². The van der Waals surface area contributed by atoms with Crippen molar-refractivity contribution >= 4 is 11.9 Å². The standard InChI is InChI=1S/C15H15NS/c1-11-6-5-7-12(10-11)15-13-8-3-4-9-14(13)17-16(15)2/h3-10,15H,1-2H3. The van der Waals surface area contributed by atoms with Gasteiger partial charge in [0.1, 0.15) is 0 Å². The Morgan fingerprint density at radius 2 is 1.88 bits per heavy atom. The fraction of sp³-hybridized carbons (Fsp3) is 0.200. The molecule has 0 aliphatic carbocycles. The van der Waals surface area contributed by atoms with Crippen molar-refractivity contribution in [3.05, 3.63) is 65.2 Å². The summed E-state index contributed by atoms with van der Waals surface area (Å²) >= 11 is 1.83. The highest BCUT2D eigenvalue weighted by atomic mass is 32.2. The minimum Gasteiger partial charge on any atom is -0.237 e. The van der Waals surface area contributed by atoms with Gasteiger partial charge in [0.25, 0.3) is 0 Å². The summed E-state index contributed by atoms with van der Waals surface area (Å²) in [6, 6.07) is 17.9. The molecule has 0 amide bonds. The molecule has 2 heteroatoms. The van der Waals surface area contributed by atoms with Gasteiger partial charge in [0.05, 0.1) is 6.04 Å². The van der Waals surface area contributed by atoms with Crippen LogP contribution in [0.25, 0.3) is 0 Å². The van der Waals surface area contributed by atoms with E-state index in [0.717, 1.165) is 0 Å². The summed E-state index contributed by atoms with van der Waals surface area (Å²) < 4.78 is 2.33. The van der Waals surface area contributed by atoms with Crippen molar-refractivity contribution in [1.29, 1.82) is 0 Å². The monoisotopic (exact) mass is 241 g/mol. The minimum absolute atomic E-state index is 0.385. The second-order valence-corrected chi connectivity index (χ2v) is 5.69. The lowest BCUT2D eigenvalue weighted by Gasteiger charge is -2.19. The quantitative estimate of drug-likeness (QED) is 0.693. The van der Waals surface area contributed by atoms with Crippen molar-refractivity contribution in [2.24, 2.45) is 0 Å². The van der Waals surface area contributed by atoms with Crippen molar-refractivity contribution in [1.82, 2.24) is 4.31 Å². The van der Waals surface area contributed by atoms with E-state index in [1.165, 1.54) is 21.6 Å². The topological polar surface area (TPSA) is 3.24 Å². The van der Waals surface area contributed by atoms with Crippen LogP contribution in [0.15, 0.2) is 53.4 Å². The molecule has 0 saturated heterocycles. The first kappa shape index (κ1) is 10.9. The van der Waals surface area contributed by atoms with Gasteiger partial charge in [-0.2, -0.15) is 0 Å². The van der Waals surface area contributed by atoms with Crippen molar-refractivity contribution in [3.63, 3.8) is 0 Å². The molecular formula is C15H15NS. The van der Waals surface area contributed by atoms with Gasteiger partial charge in [0.15, 0.2) is 0 Å². The lowest BCUT2D eigenvalue weighted by molar-refractivity contribution is 0.496. The number of rotatable bonds is 1. The Hall–Kier alpha value is -1.25. The van der Waals surface area contributed by atoms with E-state index in [-0.39, 0.29) is 0 Å². The summed E-state index contributed by atoms with van der Waals surface area (Å²) in [5.41, 5.74) is 4.13. The van der Waals surface area contributed by atoms with E-state index in [1.54, 1.807) is 0 Å². The van der Waals surface area contributed by atoms with Crippen molar-refractivity contribution in [2.45, 2.75) is 17.9 Å². The van der Waals surface area contributed by atoms with Crippen LogP contribution < -0.4 is 0 Å². The van der Waals surface area contributed by atoms with Crippen LogP contribution in [0.4, 0.5) is 0 Å². The van der Waals surface area contributed by atoms with Crippen LogP contribution in [0.2, 0.25) is 0 Å². The van der Waals surface area contributed by atoms with Crippen LogP contribution in [0.1, 0.15) is 22.7 Å². The van der Waals surface area contributed by atoms with Gasteiger partial charge in [0, 0.05) is 4.90 Å². The van der Waals surface area contributed by atoms with Gasteiger partial charge in [-0.05, 0) is 43.1 Å². The predicted molar refractivity (Wildman–Crippen MR) is 73.1 cm³/mol. The third-order valence-corrected chi connectivity index (χ3v) is 4.24. The zero-order valence-corrected chi connectivity index (χ0v) is 10.9.